The second-order valence-electron chi connectivity index (χ2n) is 5.25. The number of furan rings is 1. The lowest BCUT2D eigenvalue weighted by molar-refractivity contribution is -0.126. The van der Waals surface area contributed by atoms with E-state index in [0.717, 1.165) is 25.7 Å². The van der Waals surface area contributed by atoms with Gasteiger partial charge in [-0.2, -0.15) is 0 Å². The molecule has 1 fully saturated rings. The number of carboxylic acid groups (broad SMARTS) is 1. The van der Waals surface area contributed by atoms with Crippen LogP contribution >= 0.6 is 0 Å². The summed E-state index contributed by atoms with van der Waals surface area (Å²) in [6.45, 7) is 2.46. The van der Waals surface area contributed by atoms with Gasteiger partial charge in [-0.25, -0.2) is 4.79 Å². The average Bonchev–Trinajstić information content (AvgIpc) is 2.86. The predicted octanol–water partition coefficient (Wildman–Crippen LogP) is 2.42. The highest BCUT2D eigenvalue weighted by molar-refractivity contribution is 5.84. The standard InChI is InChI=1S/C14H19NO4/c1-9-2-4-10(5-3-9)13(16)15-8-11-6-7-12(19-11)14(17)18/h6-7,9-10H,2-5,8H2,1H3,(H,15,16)(H,17,18). The largest absolute Gasteiger partial charge is 0.475 e. The second-order valence-corrected chi connectivity index (χ2v) is 5.25. The predicted molar refractivity (Wildman–Crippen MR) is 68.6 cm³/mol. The number of amides is 1. The van der Waals surface area contributed by atoms with Crippen molar-refractivity contribution in [1.29, 1.82) is 0 Å². The van der Waals surface area contributed by atoms with E-state index in [-0.39, 0.29) is 24.1 Å². The number of carbonyl (C=O) groups is 2. The molecule has 1 aliphatic carbocycles. The van der Waals surface area contributed by atoms with Gasteiger partial charge in [0.2, 0.25) is 11.7 Å². The van der Waals surface area contributed by atoms with Crippen LogP contribution in [0.1, 0.15) is 48.9 Å². The molecule has 5 nitrogen and oxygen atoms in total. The van der Waals surface area contributed by atoms with Gasteiger partial charge in [0.1, 0.15) is 5.76 Å². The van der Waals surface area contributed by atoms with Gasteiger partial charge in [-0.3, -0.25) is 4.79 Å². The minimum absolute atomic E-state index is 0.0418. The fraction of sp³-hybridized carbons (Fsp3) is 0.571. The van der Waals surface area contributed by atoms with Crippen LogP contribution in [0.3, 0.4) is 0 Å². The zero-order valence-corrected chi connectivity index (χ0v) is 11.0. The van der Waals surface area contributed by atoms with Gasteiger partial charge in [-0.15, -0.1) is 0 Å². The fourth-order valence-corrected chi connectivity index (χ4v) is 2.43. The van der Waals surface area contributed by atoms with Crippen molar-refractivity contribution in [2.45, 2.75) is 39.2 Å². The fourth-order valence-electron chi connectivity index (χ4n) is 2.43. The molecular formula is C14H19NO4. The molecule has 1 amide bonds. The van der Waals surface area contributed by atoms with Crippen molar-refractivity contribution >= 4 is 11.9 Å². The minimum Gasteiger partial charge on any atom is -0.475 e. The summed E-state index contributed by atoms with van der Waals surface area (Å²) in [5.74, 6) is 0.113. The summed E-state index contributed by atoms with van der Waals surface area (Å²) in [6.07, 6.45) is 4.07. The lowest BCUT2D eigenvalue weighted by Gasteiger charge is -2.25. The Morgan fingerprint density at radius 3 is 2.58 bits per heavy atom. The van der Waals surface area contributed by atoms with E-state index in [2.05, 4.69) is 12.2 Å². The zero-order chi connectivity index (χ0) is 13.8. The van der Waals surface area contributed by atoms with Crippen LogP contribution in [0.4, 0.5) is 0 Å². The van der Waals surface area contributed by atoms with Crippen molar-refractivity contribution in [2.75, 3.05) is 0 Å². The molecule has 0 bridgehead atoms. The number of aromatic carboxylic acids is 1. The number of rotatable bonds is 4. The third kappa shape index (κ3) is 3.59. The Morgan fingerprint density at radius 1 is 1.32 bits per heavy atom. The summed E-state index contributed by atoms with van der Waals surface area (Å²) in [4.78, 5) is 22.6. The van der Waals surface area contributed by atoms with Gasteiger partial charge in [0.15, 0.2) is 0 Å². The molecule has 1 aliphatic rings. The normalized spacial score (nSPS) is 23.0. The van der Waals surface area contributed by atoms with Crippen LogP contribution in [0.15, 0.2) is 16.5 Å². The van der Waals surface area contributed by atoms with Crippen molar-refractivity contribution in [2.24, 2.45) is 11.8 Å². The Hall–Kier alpha value is -1.78. The van der Waals surface area contributed by atoms with Crippen molar-refractivity contribution < 1.29 is 19.1 Å². The molecule has 0 radical (unpaired) electrons. The van der Waals surface area contributed by atoms with E-state index in [1.165, 1.54) is 6.07 Å². The lowest BCUT2D eigenvalue weighted by Crippen LogP contribution is -2.32. The number of nitrogens with one attached hydrogen (secondary N) is 1. The highest BCUT2D eigenvalue weighted by Crippen LogP contribution is 2.28. The Balaban J connectivity index is 1.81. The van der Waals surface area contributed by atoms with Gasteiger partial charge in [-0.1, -0.05) is 6.92 Å². The van der Waals surface area contributed by atoms with Crippen LogP contribution in [0.25, 0.3) is 0 Å². The molecule has 19 heavy (non-hydrogen) atoms. The Bertz CT molecular complexity index is 458. The Kier molecular flexibility index (Phi) is 4.24. The molecule has 0 saturated heterocycles. The summed E-state index contributed by atoms with van der Waals surface area (Å²) in [6, 6.07) is 2.97. The summed E-state index contributed by atoms with van der Waals surface area (Å²) >= 11 is 0. The molecule has 1 saturated carbocycles. The molecule has 0 spiro atoms. The Labute approximate surface area is 112 Å². The second kappa shape index (κ2) is 5.91. The van der Waals surface area contributed by atoms with E-state index in [1.807, 2.05) is 0 Å². The quantitative estimate of drug-likeness (QED) is 0.876. The molecule has 0 unspecified atom stereocenters. The smallest absolute Gasteiger partial charge is 0.371 e. The topological polar surface area (TPSA) is 79.5 Å². The molecule has 104 valence electrons. The summed E-state index contributed by atoms with van der Waals surface area (Å²) in [5.41, 5.74) is 0. The zero-order valence-electron chi connectivity index (χ0n) is 11.0. The van der Waals surface area contributed by atoms with Crippen LogP contribution in [-0.4, -0.2) is 17.0 Å². The third-order valence-corrected chi connectivity index (χ3v) is 3.70. The summed E-state index contributed by atoms with van der Waals surface area (Å²) < 4.78 is 5.09. The maximum atomic E-state index is 11.9. The molecule has 1 aromatic rings. The maximum absolute atomic E-state index is 11.9. The third-order valence-electron chi connectivity index (χ3n) is 3.70. The van der Waals surface area contributed by atoms with Gasteiger partial charge < -0.3 is 14.8 Å². The van der Waals surface area contributed by atoms with E-state index in [1.54, 1.807) is 6.07 Å². The highest BCUT2D eigenvalue weighted by Gasteiger charge is 2.24. The minimum atomic E-state index is -1.10. The van der Waals surface area contributed by atoms with Crippen LogP contribution in [0.5, 0.6) is 0 Å². The number of hydrogen-bond donors (Lipinski definition) is 2. The molecule has 2 N–H and O–H groups in total. The first kappa shape index (κ1) is 13.6. The first-order valence-electron chi connectivity index (χ1n) is 6.66. The molecule has 2 rings (SSSR count). The SMILES string of the molecule is CC1CCC(C(=O)NCc2ccc(C(=O)O)o2)CC1. The molecule has 1 heterocycles. The van der Waals surface area contributed by atoms with Gasteiger partial charge in [-0.05, 0) is 43.7 Å². The Morgan fingerprint density at radius 2 is 2.00 bits per heavy atom. The van der Waals surface area contributed by atoms with Crippen LogP contribution < -0.4 is 5.32 Å². The number of hydrogen-bond acceptors (Lipinski definition) is 3. The summed E-state index contributed by atoms with van der Waals surface area (Å²) in [7, 11) is 0. The number of carbonyl (C=O) groups excluding carboxylic acids is 1. The van der Waals surface area contributed by atoms with Crippen molar-refractivity contribution in [3.8, 4) is 0 Å². The van der Waals surface area contributed by atoms with E-state index >= 15 is 0 Å². The highest BCUT2D eigenvalue weighted by atomic mass is 16.4. The monoisotopic (exact) mass is 265 g/mol. The van der Waals surface area contributed by atoms with Gasteiger partial charge in [0, 0.05) is 5.92 Å². The van der Waals surface area contributed by atoms with E-state index in [0.29, 0.717) is 11.7 Å². The van der Waals surface area contributed by atoms with Crippen molar-refractivity contribution in [3.63, 3.8) is 0 Å². The van der Waals surface area contributed by atoms with Crippen LogP contribution in [0, 0.1) is 11.8 Å². The van der Waals surface area contributed by atoms with E-state index in [4.69, 9.17) is 9.52 Å². The lowest BCUT2D eigenvalue weighted by atomic mass is 9.82. The molecule has 5 heteroatoms. The van der Waals surface area contributed by atoms with Gasteiger partial charge in [0.05, 0.1) is 6.54 Å². The molecule has 0 aliphatic heterocycles. The molecule has 0 aromatic carbocycles. The summed E-state index contributed by atoms with van der Waals surface area (Å²) in [5, 5.41) is 11.5. The first-order chi connectivity index (χ1) is 9.06. The molecule has 0 atom stereocenters. The van der Waals surface area contributed by atoms with Crippen LogP contribution in [-0.2, 0) is 11.3 Å². The van der Waals surface area contributed by atoms with Gasteiger partial charge >= 0.3 is 5.97 Å². The average molecular weight is 265 g/mol. The van der Waals surface area contributed by atoms with E-state index < -0.39 is 5.97 Å². The molecular weight excluding hydrogens is 246 g/mol. The number of carboxylic acids is 1. The van der Waals surface area contributed by atoms with Crippen LogP contribution in [0.2, 0.25) is 0 Å². The van der Waals surface area contributed by atoms with Gasteiger partial charge in [0.25, 0.3) is 0 Å². The van der Waals surface area contributed by atoms with Crippen molar-refractivity contribution in [1.82, 2.24) is 5.32 Å². The van der Waals surface area contributed by atoms with E-state index in [9.17, 15) is 9.59 Å². The first-order valence-corrected chi connectivity index (χ1v) is 6.66. The maximum Gasteiger partial charge on any atom is 0.371 e. The van der Waals surface area contributed by atoms with Crippen molar-refractivity contribution in [3.05, 3.63) is 23.7 Å². The molecule has 1 aromatic heterocycles.